The molecule has 1 unspecified atom stereocenters. The van der Waals surface area contributed by atoms with Crippen LogP contribution in [0.1, 0.15) is 10.9 Å². The van der Waals surface area contributed by atoms with E-state index in [1.54, 1.807) is 23.1 Å². The number of rotatable bonds is 1. The van der Waals surface area contributed by atoms with Crippen molar-refractivity contribution in [3.63, 3.8) is 0 Å². The highest BCUT2D eigenvalue weighted by Crippen LogP contribution is 2.29. The molecule has 2 heterocycles. The molecule has 3 heteroatoms. The summed E-state index contributed by atoms with van der Waals surface area (Å²) in [5.41, 5.74) is 1.95. The Balaban J connectivity index is 2.20. The van der Waals surface area contributed by atoms with Gasteiger partial charge in [0.2, 0.25) is 0 Å². The third kappa shape index (κ3) is 1.11. The molecule has 1 aromatic rings. The lowest BCUT2D eigenvalue weighted by molar-refractivity contribution is 0.874. The average Bonchev–Trinajstić information content (AvgIpc) is 2.59. The van der Waals surface area contributed by atoms with Crippen molar-refractivity contribution in [1.29, 1.82) is 0 Å². The zero-order valence-electron chi connectivity index (χ0n) is 5.36. The molecule has 1 nitrogen and oxygen atoms in total. The van der Waals surface area contributed by atoms with Crippen LogP contribution >= 0.6 is 23.1 Å². The summed E-state index contributed by atoms with van der Waals surface area (Å²) < 4.78 is 0. The van der Waals surface area contributed by atoms with Gasteiger partial charge in [0.1, 0.15) is 0 Å². The van der Waals surface area contributed by atoms with Crippen LogP contribution in [0.4, 0.5) is 0 Å². The number of thiophene rings is 1. The summed E-state index contributed by atoms with van der Waals surface area (Å²) in [6.07, 6.45) is 0. The molecule has 0 bridgehead atoms. The average molecular weight is 169 g/mol. The van der Waals surface area contributed by atoms with E-state index in [1.807, 2.05) is 5.55 Å². The van der Waals surface area contributed by atoms with Crippen molar-refractivity contribution in [1.82, 2.24) is 0 Å². The van der Waals surface area contributed by atoms with Crippen LogP contribution in [0.2, 0.25) is 0 Å². The number of aliphatic imine (C=N–C) groups is 1. The first kappa shape index (κ1) is 6.43. The lowest BCUT2D eigenvalue weighted by Gasteiger charge is -1.99. The van der Waals surface area contributed by atoms with E-state index < -0.39 is 0 Å². The first-order valence-electron chi connectivity index (χ1n) is 3.13. The van der Waals surface area contributed by atoms with Crippen molar-refractivity contribution in [3.8, 4) is 0 Å². The summed E-state index contributed by atoms with van der Waals surface area (Å²) in [5.74, 6) is 1.13. The topological polar surface area (TPSA) is 12.4 Å². The van der Waals surface area contributed by atoms with E-state index in [0.29, 0.717) is 6.04 Å². The normalized spacial score (nSPS) is 23.8. The fourth-order valence-corrected chi connectivity index (χ4v) is 2.58. The van der Waals surface area contributed by atoms with Gasteiger partial charge in [-0.25, -0.2) is 0 Å². The van der Waals surface area contributed by atoms with Gasteiger partial charge in [-0.2, -0.15) is 0 Å². The molecule has 0 saturated heterocycles. The van der Waals surface area contributed by atoms with E-state index in [9.17, 15) is 0 Å². The molecule has 0 spiro atoms. The molecule has 0 aromatic carbocycles. The van der Waals surface area contributed by atoms with Crippen molar-refractivity contribution in [2.45, 2.75) is 6.04 Å². The summed E-state index contributed by atoms with van der Waals surface area (Å²) in [6, 6.07) is 4.68. The molecule has 1 atom stereocenters. The van der Waals surface area contributed by atoms with Gasteiger partial charge in [-0.3, -0.25) is 4.99 Å². The van der Waals surface area contributed by atoms with Gasteiger partial charge < -0.3 is 0 Å². The first-order valence-corrected chi connectivity index (χ1v) is 5.06. The third-order valence-corrected chi connectivity index (χ3v) is 3.19. The van der Waals surface area contributed by atoms with Gasteiger partial charge in [-0.15, -0.1) is 23.1 Å². The van der Waals surface area contributed by atoms with Crippen molar-refractivity contribution in [2.24, 2.45) is 4.99 Å². The van der Waals surface area contributed by atoms with Crippen LogP contribution in [-0.2, 0) is 0 Å². The second-order valence-corrected chi connectivity index (χ2v) is 3.98. The maximum Gasteiger partial charge on any atom is 0.0941 e. The van der Waals surface area contributed by atoms with Gasteiger partial charge in [0.25, 0.3) is 0 Å². The molecule has 0 N–H and O–H groups in total. The smallest absolute Gasteiger partial charge is 0.0941 e. The predicted molar refractivity (Wildman–Crippen MR) is 48.0 cm³/mol. The van der Waals surface area contributed by atoms with Gasteiger partial charge in [0.05, 0.1) is 11.6 Å². The number of hydrogen-bond acceptors (Lipinski definition) is 3. The largest absolute Gasteiger partial charge is 0.277 e. The maximum absolute atomic E-state index is 4.33. The highest BCUT2D eigenvalue weighted by Gasteiger charge is 2.13. The fourth-order valence-electron chi connectivity index (χ4n) is 0.930. The van der Waals surface area contributed by atoms with E-state index in [4.69, 9.17) is 0 Å². The highest BCUT2D eigenvalue weighted by molar-refractivity contribution is 8.12. The zero-order chi connectivity index (χ0) is 6.81. The van der Waals surface area contributed by atoms with Crippen LogP contribution in [-0.4, -0.2) is 11.3 Å². The minimum atomic E-state index is 0.449. The third-order valence-electron chi connectivity index (χ3n) is 1.44. The number of thioether (sulfide) groups is 1. The van der Waals surface area contributed by atoms with E-state index in [0.717, 1.165) is 5.75 Å². The van der Waals surface area contributed by atoms with Gasteiger partial charge >= 0.3 is 0 Å². The quantitative estimate of drug-likeness (QED) is 0.629. The molecule has 0 aliphatic carbocycles. The van der Waals surface area contributed by atoms with Gasteiger partial charge in [0, 0.05) is 10.6 Å². The number of hydrogen-bond donors (Lipinski definition) is 0. The SMILES string of the molecule is C1=NC(c2cccs2)CS1. The Morgan fingerprint density at radius 2 is 2.60 bits per heavy atom. The van der Waals surface area contributed by atoms with Crippen LogP contribution in [0.3, 0.4) is 0 Å². The van der Waals surface area contributed by atoms with Crippen LogP contribution < -0.4 is 0 Å². The summed E-state index contributed by atoms with van der Waals surface area (Å²) in [7, 11) is 0. The maximum atomic E-state index is 4.33. The molecule has 1 aromatic heterocycles. The van der Waals surface area contributed by atoms with Crippen LogP contribution in [0, 0.1) is 0 Å². The minimum Gasteiger partial charge on any atom is -0.277 e. The molecule has 0 radical (unpaired) electrons. The van der Waals surface area contributed by atoms with Crippen LogP contribution in [0.15, 0.2) is 22.5 Å². The standard InChI is InChI=1S/C7H7NS2/c1-2-7(10-3-1)6-4-9-5-8-6/h1-3,5-6H,4H2. The van der Waals surface area contributed by atoms with Crippen LogP contribution in [0.25, 0.3) is 0 Å². The Hall–Kier alpha value is -0.280. The summed E-state index contributed by atoms with van der Waals surface area (Å²) in [5, 5.41) is 2.10. The minimum absolute atomic E-state index is 0.449. The zero-order valence-corrected chi connectivity index (χ0v) is 6.99. The Bertz CT molecular complexity index is 228. The van der Waals surface area contributed by atoms with E-state index >= 15 is 0 Å². The van der Waals surface area contributed by atoms with Gasteiger partial charge in [-0.1, -0.05) is 6.07 Å². The molecular weight excluding hydrogens is 162 g/mol. The van der Waals surface area contributed by atoms with Gasteiger partial charge in [0.15, 0.2) is 0 Å². The summed E-state index contributed by atoms with van der Waals surface area (Å²) in [4.78, 5) is 5.72. The first-order chi connectivity index (χ1) is 4.97. The predicted octanol–water partition coefficient (Wildman–Crippen LogP) is 2.56. The van der Waals surface area contributed by atoms with Crippen molar-refractivity contribution in [2.75, 3.05) is 5.75 Å². The highest BCUT2D eigenvalue weighted by atomic mass is 32.2. The molecule has 0 saturated carbocycles. The van der Waals surface area contributed by atoms with E-state index in [-0.39, 0.29) is 0 Å². The second kappa shape index (κ2) is 2.76. The summed E-state index contributed by atoms with van der Waals surface area (Å²) >= 11 is 3.59. The molecule has 0 amide bonds. The Morgan fingerprint density at radius 3 is 3.20 bits per heavy atom. The van der Waals surface area contributed by atoms with Crippen molar-refractivity contribution < 1.29 is 0 Å². The molecule has 0 fully saturated rings. The Kier molecular flexibility index (Phi) is 1.78. The summed E-state index contributed by atoms with van der Waals surface area (Å²) in [6.45, 7) is 0. The molecule has 1 aliphatic heterocycles. The number of nitrogens with zero attached hydrogens (tertiary/aromatic N) is 1. The lowest BCUT2D eigenvalue weighted by Crippen LogP contribution is -1.88. The van der Waals surface area contributed by atoms with Gasteiger partial charge in [-0.05, 0) is 11.4 Å². The van der Waals surface area contributed by atoms with Crippen molar-refractivity contribution in [3.05, 3.63) is 22.4 Å². The molecule has 2 rings (SSSR count). The van der Waals surface area contributed by atoms with Crippen LogP contribution in [0.5, 0.6) is 0 Å². The monoisotopic (exact) mass is 169 g/mol. The molecular formula is C7H7NS2. The molecule has 52 valence electrons. The van der Waals surface area contributed by atoms with E-state index in [1.165, 1.54) is 4.88 Å². The fraction of sp³-hybridized carbons (Fsp3) is 0.286. The van der Waals surface area contributed by atoms with Crippen molar-refractivity contribution >= 4 is 28.6 Å². The Morgan fingerprint density at radius 1 is 1.60 bits per heavy atom. The van der Waals surface area contributed by atoms with E-state index in [2.05, 4.69) is 22.5 Å². The lowest BCUT2D eigenvalue weighted by atomic mass is 10.3. The molecule has 1 aliphatic rings. The second-order valence-electron chi connectivity index (χ2n) is 2.12. The Labute approximate surface area is 68.2 Å². The molecule has 10 heavy (non-hydrogen) atoms.